The Morgan fingerprint density at radius 3 is 1.81 bits per heavy atom. The summed E-state index contributed by atoms with van der Waals surface area (Å²) >= 11 is 0. The molecule has 1 heterocycles. The van der Waals surface area contributed by atoms with E-state index in [-0.39, 0.29) is 0 Å². The zero-order chi connectivity index (χ0) is 25.8. The van der Waals surface area contributed by atoms with Crippen LogP contribution in [0.5, 0.6) is 17.2 Å². The molecule has 0 atom stereocenters. The van der Waals surface area contributed by atoms with Gasteiger partial charge in [0.25, 0.3) is 0 Å². The predicted octanol–water partition coefficient (Wildman–Crippen LogP) is 6.98. The first-order valence-corrected chi connectivity index (χ1v) is 12.8. The highest BCUT2D eigenvalue weighted by atomic mass is 16.5. The van der Waals surface area contributed by atoms with Crippen LogP contribution in [0, 0.1) is 13.8 Å². The Balaban J connectivity index is 1.40. The van der Waals surface area contributed by atoms with Crippen molar-refractivity contribution in [3.8, 4) is 17.2 Å². The molecule has 0 fully saturated rings. The fourth-order valence-corrected chi connectivity index (χ4v) is 3.86. The monoisotopic (exact) mass is 492 g/mol. The molecule has 7 heteroatoms. The van der Waals surface area contributed by atoms with Gasteiger partial charge in [-0.25, -0.2) is 9.59 Å². The number of aromatic nitrogens is 2. The molecule has 192 valence electrons. The second kappa shape index (κ2) is 14.1. The number of rotatable bonds is 14. The minimum Gasteiger partial charge on any atom is -0.494 e. The lowest BCUT2D eigenvalue weighted by Crippen LogP contribution is -2.11. The first-order valence-electron chi connectivity index (χ1n) is 12.8. The molecule has 0 saturated carbocycles. The van der Waals surface area contributed by atoms with Crippen LogP contribution in [0.15, 0.2) is 48.5 Å². The summed E-state index contributed by atoms with van der Waals surface area (Å²) in [5.41, 5.74) is 2.06. The summed E-state index contributed by atoms with van der Waals surface area (Å²) < 4.78 is 16.6. The summed E-state index contributed by atoms with van der Waals surface area (Å²) in [7, 11) is 0. The topological polar surface area (TPSA) is 90.5 Å². The molecule has 0 unspecified atom stereocenters. The SMILES string of the molecule is CCCCCCCCCCOc1ccc(C(=O)Oc2ccc(OC(=O)c3c(C)n[nH]c3C)cc2)cc1. The maximum Gasteiger partial charge on any atom is 0.347 e. The number of carbonyl (C=O) groups is 2. The molecule has 0 bridgehead atoms. The van der Waals surface area contributed by atoms with Crippen LogP contribution in [0.3, 0.4) is 0 Å². The second-order valence-corrected chi connectivity index (χ2v) is 8.91. The van der Waals surface area contributed by atoms with Crippen LogP contribution in [0.4, 0.5) is 0 Å². The molecule has 0 saturated heterocycles. The zero-order valence-electron chi connectivity index (χ0n) is 21.5. The first kappa shape index (κ1) is 27.0. The molecule has 36 heavy (non-hydrogen) atoms. The van der Waals surface area contributed by atoms with Crippen LogP contribution in [-0.4, -0.2) is 28.7 Å². The summed E-state index contributed by atoms with van der Waals surface area (Å²) in [6.07, 6.45) is 10.1. The Morgan fingerprint density at radius 2 is 1.25 bits per heavy atom. The molecule has 0 aliphatic heterocycles. The van der Waals surface area contributed by atoms with Gasteiger partial charge in [0, 0.05) is 5.69 Å². The van der Waals surface area contributed by atoms with E-state index in [0.717, 1.165) is 12.2 Å². The Hall–Kier alpha value is -3.61. The maximum atomic E-state index is 12.5. The van der Waals surface area contributed by atoms with E-state index in [2.05, 4.69) is 17.1 Å². The molecule has 0 spiro atoms. The fraction of sp³-hybridized carbons (Fsp3) is 0.414. The molecule has 1 aromatic heterocycles. The summed E-state index contributed by atoms with van der Waals surface area (Å²) in [6, 6.07) is 13.3. The number of H-pyrrole nitrogens is 1. The van der Waals surface area contributed by atoms with E-state index in [0.29, 0.717) is 40.6 Å². The average Bonchev–Trinajstić information content (AvgIpc) is 3.22. The maximum absolute atomic E-state index is 12.5. The third kappa shape index (κ3) is 8.26. The highest BCUT2D eigenvalue weighted by Crippen LogP contribution is 2.22. The number of hydrogen-bond acceptors (Lipinski definition) is 6. The Bertz CT molecular complexity index is 1080. The van der Waals surface area contributed by atoms with E-state index in [4.69, 9.17) is 14.2 Å². The Morgan fingerprint density at radius 1 is 0.722 bits per heavy atom. The van der Waals surface area contributed by atoms with Crippen LogP contribution in [0.2, 0.25) is 0 Å². The molecule has 2 aromatic carbocycles. The molecule has 1 N–H and O–H groups in total. The summed E-state index contributed by atoms with van der Waals surface area (Å²) in [6.45, 7) is 6.40. The Labute approximate surface area is 213 Å². The number of ether oxygens (including phenoxy) is 3. The lowest BCUT2D eigenvalue weighted by molar-refractivity contribution is 0.0718. The van der Waals surface area contributed by atoms with Gasteiger partial charge in [-0.2, -0.15) is 5.10 Å². The molecule has 0 amide bonds. The van der Waals surface area contributed by atoms with E-state index in [1.54, 1.807) is 62.4 Å². The van der Waals surface area contributed by atoms with E-state index in [1.165, 1.54) is 44.9 Å². The highest BCUT2D eigenvalue weighted by Gasteiger charge is 2.17. The lowest BCUT2D eigenvalue weighted by Gasteiger charge is -2.08. The standard InChI is InChI=1S/C29H36N2O5/c1-4-5-6-7-8-9-10-11-20-34-24-14-12-23(13-15-24)28(32)35-25-16-18-26(19-17-25)36-29(33)27-21(2)30-31-22(27)3/h12-19H,4-11,20H2,1-3H3,(H,30,31). The smallest absolute Gasteiger partial charge is 0.347 e. The largest absolute Gasteiger partial charge is 0.494 e. The average molecular weight is 493 g/mol. The number of benzene rings is 2. The van der Waals surface area contributed by atoms with Crippen molar-refractivity contribution in [1.29, 1.82) is 0 Å². The molecule has 0 aliphatic rings. The summed E-state index contributed by atoms with van der Waals surface area (Å²) in [4.78, 5) is 24.9. The number of nitrogens with one attached hydrogen (secondary N) is 1. The van der Waals surface area contributed by atoms with Crippen molar-refractivity contribution < 1.29 is 23.8 Å². The predicted molar refractivity (Wildman–Crippen MR) is 139 cm³/mol. The van der Waals surface area contributed by atoms with Gasteiger partial charge in [0.2, 0.25) is 0 Å². The minimum atomic E-state index is -0.492. The summed E-state index contributed by atoms with van der Waals surface area (Å²) in [5, 5.41) is 6.77. The van der Waals surface area contributed by atoms with Gasteiger partial charge in [0.15, 0.2) is 0 Å². The second-order valence-electron chi connectivity index (χ2n) is 8.91. The van der Waals surface area contributed by atoms with Crippen molar-refractivity contribution in [3.63, 3.8) is 0 Å². The van der Waals surface area contributed by atoms with E-state index >= 15 is 0 Å². The van der Waals surface area contributed by atoms with Gasteiger partial charge < -0.3 is 14.2 Å². The van der Waals surface area contributed by atoms with Crippen molar-refractivity contribution in [2.24, 2.45) is 0 Å². The molecule has 0 radical (unpaired) electrons. The van der Waals surface area contributed by atoms with Crippen molar-refractivity contribution in [1.82, 2.24) is 10.2 Å². The first-order chi connectivity index (χ1) is 17.5. The van der Waals surface area contributed by atoms with Crippen molar-refractivity contribution in [3.05, 3.63) is 71.0 Å². The lowest BCUT2D eigenvalue weighted by atomic mass is 10.1. The number of aryl methyl sites for hydroxylation is 2. The molecule has 3 rings (SSSR count). The van der Waals surface area contributed by atoms with Gasteiger partial charge in [0.1, 0.15) is 22.8 Å². The van der Waals surface area contributed by atoms with Crippen LogP contribution >= 0.6 is 0 Å². The fourth-order valence-electron chi connectivity index (χ4n) is 3.86. The minimum absolute atomic E-state index is 0.345. The van der Waals surface area contributed by atoms with Gasteiger partial charge in [-0.05, 0) is 68.8 Å². The van der Waals surface area contributed by atoms with Gasteiger partial charge >= 0.3 is 11.9 Å². The van der Waals surface area contributed by atoms with E-state index in [9.17, 15) is 9.59 Å². The highest BCUT2D eigenvalue weighted by molar-refractivity contribution is 5.93. The van der Waals surface area contributed by atoms with Gasteiger partial charge in [-0.1, -0.05) is 51.9 Å². The summed E-state index contributed by atoms with van der Waals surface area (Å²) in [5.74, 6) is 0.472. The van der Waals surface area contributed by atoms with E-state index < -0.39 is 11.9 Å². The van der Waals surface area contributed by atoms with Crippen molar-refractivity contribution >= 4 is 11.9 Å². The van der Waals surface area contributed by atoms with Crippen molar-refractivity contribution in [2.45, 2.75) is 72.1 Å². The van der Waals surface area contributed by atoms with Crippen LogP contribution in [-0.2, 0) is 0 Å². The number of nitrogens with zero attached hydrogens (tertiary/aromatic N) is 1. The number of unbranched alkanes of at least 4 members (excludes halogenated alkanes) is 7. The molecular formula is C29H36N2O5. The quantitative estimate of drug-likeness (QED) is 0.148. The number of aromatic amines is 1. The van der Waals surface area contributed by atoms with Crippen LogP contribution < -0.4 is 14.2 Å². The van der Waals surface area contributed by atoms with Gasteiger partial charge in [0.05, 0.1) is 17.9 Å². The zero-order valence-corrected chi connectivity index (χ0v) is 21.5. The van der Waals surface area contributed by atoms with Crippen molar-refractivity contribution in [2.75, 3.05) is 6.61 Å². The van der Waals surface area contributed by atoms with Gasteiger partial charge in [-0.3, -0.25) is 5.10 Å². The number of hydrogen-bond donors (Lipinski definition) is 1. The molecule has 3 aromatic rings. The molecule has 7 nitrogen and oxygen atoms in total. The van der Waals surface area contributed by atoms with Crippen LogP contribution in [0.1, 0.15) is 90.4 Å². The normalized spacial score (nSPS) is 10.8. The van der Waals surface area contributed by atoms with Gasteiger partial charge in [-0.15, -0.1) is 0 Å². The number of carbonyl (C=O) groups excluding carboxylic acids is 2. The molecular weight excluding hydrogens is 456 g/mol. The van der Waals surface area contributed by atoms with E-state index in [1.807, 2.05) is 0 Å². The third-order valence-corrected chi connectivity index (χ3v) is 5.93. The van der Waals surface area contributed by atoms with Crippen LogP contribution in [0.25, 0.3) is 0 Å². The Kier molecular flexibility index (Phi) is 10.5. The third-order valence-electron chi connectivity index (χ3n) is 5.93. The molecule has 0 aliphatic carbocycles. The number of esters is 2.